The van der Waals surface area contributed by atoms with Gasteiger partial charge < -0.3 is 20.3 Å². The molecule has 116 valence electrons. The van der Waals surface area contributed by atoms with Crippen LogP contribution in [-0.2, 0) is 4.79 Å². The van der Waals surface area contributed by atoms with Crippen LogP contribution in [0.4, 0.5) is 5.69 Å². The summed E-state index contributed by atoms with van der Waals surface area (Å²) >= 11 is 0. The molecule has 0 heterocycles. The first-order valence-corrected chi connectivity index (χ1v) is 7.38. The summed E-state index contributed by atoms with van der Waals surface area (Å²) in [7, 11) is 5.83. The van der Waals surface area contributed by atoms with E-state index in [2.05, 4.69) is 29.6 Å². The molecular weight excluding hydrogens is 266 g/mol. The number of methoxy groups -OCH3 is 1. The van der Waals surface area contributed by atoms with Gasteiger partial charge in [0.25, 0.3) is 0 Å². The van der Waals surface area contributed by atoms with Crippen molar-refractivity contribution in [1.82, 2.24) is 10.2 Å². The Morgan fingerprint density at radius 1 is 1.38 bits per heavy atom. The average Bonchev–Trinajstić information content (AvgIpc) is 2.41. The maximum Gasteiger partial charge on any atom is 0.238 e. The molecule has 1 aromatic carbocycles. The Morgan fingerprint density at radius 3 is 2.71 bits per heavy atom. The minimum Gasteiger partial charge on any atom is -0.497 e. The molecule has 5 nitrogen and oxygen atoms in total. The van der Waals surface area contributed by atoms with Crippen LogP contribution in [0.3, 0.4) is 0 Å². The molecule has 0 aromatic heterocycles. The number of nitrogens with one attached hydrogen (secondary N) is 2. The van der Waals surface area contributed by atoms with Crippen LogP contribution in [0.2, 0.25) is 0 Å². The average molecular weight is 291 g/mol. The minimum atomic E-state index is -0.0310. The number of benzene rings is 1. The van der Waals surface area contributed by atoms with E-state index in [9.17, 15) is 4.79 Å². The number of hydrogen-bond donors (Lipinski definition) is 2. The lowest BCUT2D eigenvalue weighted by Crippen LogP contribution is -2.57. The second-order valence-electron chi connectivity index (χ2n) is 5.86. The molecular formula is C16H25N3O2. The number of amides is 1. The second-order valence-corrected chi connectivity index (χ2v) is 5.86. The van der Waals surface area contributed by atoms with Gasteiger partial charge in [-0.3, -0.25) is 4.79 Å². The molecule has 1 saturated carbocycles. The Labute approximate surface area is 126 Å². The third-order valence-corrected chi connectivity index (χ3v) is 4.33. The molecule has 1 aromatic rings. The van der Waals surface area contributed by atoms with Gasteiger partial charge in [-0.1, -0.05) is 6.07 Å². The van der Waals surface area contributed by atoms with E-state index in [0.29, 0.717) is 6.54 Å². The van der Waals surface area contributed by atoms with Crippen LogP contribution in [0.1, 0.15) is 19.3 Å². The SMILES string of the molecule is COc1cccc(NC(=O)CNCC2(N(C)C)CCC2)c1. The lowest BCUT2D eigenvalue weighted by Gasteiger charge is -2.47. The highest BCUT2D eigenvalue weighted by Crippen LogP contribution is 2.35. The third kappa shape index (κ3) is 3.95. The summed E-state index contributed by atoms with van der Waals surface area (Å²) < 4.78 is 5.14. The van der Waals surface area contributed by atoms with Crippen LogP contribution >= 0.6 is 0 Å². The first-order chi connectivity index (χ1) is 10.1. The molecule has 1 aliphatic carbocycles. The van der Waals surface area contributed by atoms with Crippen LogP contribution in [0.25, 0.3) is 0 Å². The Morgan fingerprint density at radius 2 is 2.14 bits per heavy atom. The normalized spacial score (nSPS) is 16.4. The van der Waals surface area contributed by atoms with Gasteiger partial charge in [-0.2, -0.15) is 0 Å². The molecule has 2 rings (SSSR count). The number of ether oxygens (including phenoxy) is 1. The second kappa shape index (κ2) is 6.91. The van der Waals surface area contributed by atoms with Crippen molar-refractivity contribution in [3.05, 3.63) is 24.3 Å². The molecule has 0 atom stereocenters. The Bertz CT molecular complexity index is 484. The van der Waals surface area contributed by atoms with Gasteiger partial charge in [-0.05, 0) is 45.5 Å². The predicted molar refractivity (Wildman–Crippen MR) is 84.8 cm³/mol. The molecule has 0 aliphatic heterocycles. The molecule has 0 unspecified atom stereocenters. The van der Waals surface area contributed by atoms with E-state index in [-0.39, 0.29) is 11.4 Å². The van der Waals surface area contributed by atoms with Crippen LogP contribution in [0.15, 0.2) is 24.3 Å². The third-order valence-electron chi connectivity index (χ3n) is 4.33. The van der Waals surface area contributed by atoms with Crippen LogP contribution < -0.4 is 15.4 Å². The fraction of sp³-hybridized carbons (Fsp3) is 0.562. The summed E-state index contributed by atoms with van der Waals surface area (Å²) in [6.07, 6.45) is 3.67. The number of likely N-dealkylation sites (N-methyl/N-ethyl adjacent to an activating group) is 1. The van der Waals surface area contributed by atoms with Gasteiger partial charge in [-0.25, -0.2) is 0 Å². The van der Waals surface area contributed by atoms with E-state index in [1.165, 1.54) is 19.3 Å². The van der Waals surface area contributed by atoms with Gasteiger partial charge >= 0.3 is 0 Å². The van der Waals surface area contributed by atoms with Crippen molar-refractivity contribution in [3.8, 4) is 5.75 Å². The van der Waals surface area contributed by atoms with Gasteiger partial charge in [0, 0.05) is 23.8 Å². The number of nitrogens with zero attached hydrogens (tertiary/aromatic N) is 1. The molecule has 2 N–H and O–H groups in total. The monoisotopic (exact) mass is 291 g/mol. The van der Waals surface area contributed by atoms with E-state index in [0.717, 1.165) is 18.0 Å². The summed E-state index contributed by atoms with van der Waals surface area (Å²) in [4.78, 5) is 14.2. The number of hydrogen-bond acceptors (Lipinski definition) is 4. The highest BCUT2D eigenvalue weighted by molar-refractivity contribution is 5.92. The quantitative estimate of drug-likeness (QED) is 0.803. The summed E-state index contributed by atoms with van der Waals surface area (Å²) in [5, 5.41) is 6.15. The van der Waals surface area contributed by atoms with Gasteiger partial charge in [0.2, 0.25) is 5.91 Å². The smallest absolute Gasteiger partial charge is 0.238 e. The fourth-order valence-corrected chi connectivity index (χ4v) is 2.68. The highest BCUT2D eigenvalue weighted by Gasteiger charge is 2.38. The maximum absolute atomic E-state index is 11.9. The van der Waals surface area contributed by atoms with Crippen molar-refractivity contribution >= 4 is 11.6 Å². The molecule has 1 aliphatic rings. The number of carbonyl (C=O) groups is 1. The molecule has 0 spiro atoms. The molecule has 1 fully saturated rings. The first-order valence-electron chi connectivity index (χ1n) is 7.38. The van der Waals surface area contributed by atoms with Crippen molar-refractivity contribution in [2.24, 2.45) is 0 Å². The maximum atomic E-state index is 11.9. The number of carbonyl (C=O) groups excluding carboxylic acids is 1. The lowest BCUT2D eigenvalue weighted by atomic mass is 9.75. The molecule has 0 saturated heterocycles. The van der Waals surface area contributed by atoms with Crippen molar-refractivity contribution in [1.29, 1.82) is 0 Å². The van der Waals surface area contributed by atoms with Crippen molar-refractivity contribution in [2.45, 2.75) is 24.8 Å². The Kier molecular flexibility index (Phi) is 5.20. The Hall–Kier alpha value is -1.59. The van der Waals surface area contributed by atoms with Crippen molar-refractivity contribution in [3.63, 3.8) is 0 Å². The summed E-state index contributed by atoms with van der Waals surface area (Å²) in [6, 6.07) is 7.38. The highest BCUT2D eigenvalue weighted by atomic mass is 16.5. The van der Waals surface area contributed by atoms with E-state index in [1.807, 2.05) is 24.3 Å². The fourth-order valence-electron chi connectivity index (χ4n) is 2.68. The summed E-state index contributed by atoms with van der Waals surface area (Å²) in [5.74, 6) is 0.707. The topological polar surface area (TPSA) is 53.6 Å². The first kappa shape index (κ1) is 15.8. The zero-order chi connectivity index (χ0) is 15.3. The molecule has 0 bridgehead atoms. The van der Waals surface area contributed by atoms with E-state index in [4.69, 9.17) is 4.74 Å². The Balaban J connectivity index is 1.77. The molecule has 1 amide bonds. The lowest BCUT2D eigenvalue weighted by molar-refractivity contribution is -0.115. The van der Waals surface area contributed by atoms with Crippen LogP contribution in [0, 0.1) is 0 Å². The standard InChI is InChI=1S/C16H25N3O2/c1-19(2)16(8-5-9-16)12-17-11-15(20)18-13-6-4-7-14(10-13)21-3/h4,6-7,10,17H,5,8-9,11-12H2,1-3H3,(H,18,20). The molecule has 21 heavy (non-hydrogen) atoms. The van der Waals surface area contributed by atoms with E-state index < -0.39 is 0 Å². The van der Waals surface area contributed by atoms with E-state index >= 15 is 0 Å². The predicted octanol–water partition coefficient (Wildman–Crippen LogP) is 1.71. The van der Waals surface area contributed by atoms with Crippen molar-refractivity contribution in [2.75, 3.05) is 39.6 Å². The number of rotatable bonds is 7. The number of anilines is 1. The largest absolute Gasteiger partial charge is 0.497 e. The minimum absolute atomic E-state index is 0.0310. The van der Waals surface area contributed by atoms with Gasteiger partial charge in [-0.15, -0.1) is 0 Å². The molecule has 5 heteroatoms. The summed E-state index contributed by atoms with van der Waals surface area (Å²) in [5.41, 5.74) is 0.989. The zero-order valence-corrected chi connectivity index (χ0v) is 13.1. The van der Waals surface area contributed by atoms with E-state index in [1.54, 1.807) is 7.11 Å². The van der Waals surface area contributed by atoms with Crippen molar-refractivity contribution < 1.29 is 9.53 Å². The summed E-state index contributed by atoms with van der Waals surface area (Å²) in [6.45, 7) is 1.18. The van der Waals surface area contributed by atoms with Gasteiger partial charge in [0.1, 0.15) is 5.75 Å². The van der Waals surface area contributed by atoms with Gasteiger partial charge in [0.15, 0.2) is 0 Å². The van der Waals surface area contributed by atoms with Crippen LogP contribution in [-0.4, -0.2) is 50.6 Å². The van der Waals surface area contributed by atoms with Crippen LogP contribution in [0.5, 0.6) is 5.75 Å². The van der Waals surface area contributed by atoms with Gasteiger partial charge in [0.05, 0.1) is 13.7 Å². The zero-order valence-electron chi connectivity index (χ0n) is 13.1. The molecule has 0 radical (unpaired) electrons.